The van der Waals surface area contributed by atoms with Crippen LogP contribution < -0.4 is 21.1 Å². The van der Waals surface area contributed by atoms with Crippen LogP contribution in [-0.4, -0.2) is 28.9 Å². The van der Waals surface area contributed by atoms with Crippen LogP contribution in [0.2, 0.25) is 0 Å². The smallest absolute Gasteiger partial charge is 0.166 e. The molecule has 3 rings (SSSR count). The summed E-state index contributed by atoms with van der Waals surface area (Å²) in [6, 6.07) is 6.04. The van der Waals surface area contributed by atoms with E-state index in [2.05, 4.69) is 31.5 Å². The van der Waals surface area contributed by atoms with Crippen molar-refractivity contribution in [2.75, 3.05) is 19.3 Å². The lowest BCUT2D eigenvalue weighted by molar-refractivity contribution is 0.227. The van der Waals surface area contributed by atoms with Gasteiger partial charge in [0.15, 0.2) is 11.6 Å². The summed E-state index contributed by atoms with van der Waals surface area (Å²) in [6.45, 7) is 4.35. The molecule has 0 saturated carbocycles. The van der Waals surface area contributed by atoms with Crippen LogP contribution in [0.4, 0.5) is 10.2 Å². The average Bonchev–Trinajstić information content (AvgIpc) is 2.75. The van der Waals surface area contributed by atoms with Gasteiger partial charge in [0.2, 0.25) is 0 Å². The number of aromatic nitrogens is 1. The first kappa shape index (κ1) is 23.5. The van der Waals surface area contributed by atoms with Gasteiger partial charge in [0.25, 0.3) is 0 Å². The van der Waals surface area contributed by atoms with Gasteiger partial charge in [-0.25, -0.2) is 9.37 Å². The Balaban J connectivity index is 2.35. The first-order chi connectivity index (χ1) is 15.3. The fraction of sp³-hybridized carbons (Fsp3) is 0.261. The topological polar surface area (TPSA) is 120 Å². The van der Waals surface area contributed by atoms with Crippen molar-refractivity contribution in [2.45, 2.75) is 26.4 Å². The van der Waals surface area contributed by atoms with Gasteiger partial charge in [-0.05, 0) is 59.6 Å². The third kappa shape index (κ3) is 4.83. The van der Waals surface area contributed by atoms with E-state index < -0.39 is 11.9 Å². The zero-order valence-corrected chi connectivity index (χ0v) is 19.7. The molecule has 1 aromatic heterocycles. The third-order valence-electron chi connectivity index (χ3n) is 5.12. The molecule has 6 N–H and O–H groups in total. The fourth-order valence-corrected chi connectivity index (χ4v) is 3.96. The number of hydrogen-bond donors (Lipinski definition) is 5. The Bertz CT molecular complexity index is 1130. The molecule has 1 atom stereocenters. The number of hydrogen-bond acceptors (Lipinski definition) is 7. The third-order valence-corrected chi connectivity index (χ3v) is 5.60. The molecule has 7 nitrogen and oxygen atoms in total. The predicted molar refractivity (Wildman–Crippen MR) is 130 cm³/mol. The van der Waals surface area contributed by atoms with E-state index in [0.29, 0.717) is 45.8 Å². The highest BCUT2D eigenvalue weighted by Crippen LogP contribution is 2.34. The van der Waals surface area contributed by atoms with Crippen LogP contribution in [0.25, 0.3) is 5.70 Å². The Kier molecular flexibility index (Phi) is 7.29. The van der Waals surface area contributed by atoms with Gasteiger partial charge < -0.3 is 21.1 Å². The van der Waals surface area contributed by atoms with Crippen molar-refractivity contribution in [2.24, 2.45) is 0 Å². The number of nitrogen functional groups attached to an aromatic ring is 1. The number of allylic oxidation sites excluding steroid dienone is 2. The molecule has 0 spiro atoms. The molecule has 168 valence electrons. The summed E-state index contributed by atoms with van der Waals surface area (Å²) in [5.74, 6) is 0.127. The summed E-state index contributed by atoms with van der Waals surface area (Å²) in [7, 11) is 1.75. The van der Waals surface area contributed by atoms with Crippen LogP contribution in [-0.2, 0) is 0 Å². The van der Waals surface area contributed by atoms with E-state index in [9.17, 15) is 4.39 Å². The van der Waals surface area contributed by atoms with Gasteiger partial charge >= 0.3 is 0 Å². The standard InChI is InChI=1S/C23H26BrFN6O/c1-4-30-21-14-8-19(23(28)31-11-14)32-12(2)17-9-15(25)5-6-16(17)20(26)13(10-29-3)7-18(21)22(24)27/h5-6,8-12,26-27,29-30H,4,7H2,1-3H3,(H2,28,31)/b13-10-,21-18-,26-20?,27-22?/t12-/m1/s1. The summed E-state index contributed by atoms with van der Waals surface area (Å²) >= 11 is 3.32. The number of ether oxygens (including phenoxy) is 1. The number of benzene rings is 1. The van der Waals surface area contributed by atoms with Gasteiger partial charge in [0, 0.05) is 60.4 Å². The van der Waals surface area contributed by atoms with Crippen molar-refractivity contribution >= 4 is 37.8 Å². The summed E-state index contributed by atoms with van der Waals surface area (Å²) < 4.78 is 20.4. The number of rotatable bonds is 4. The van der Waals surface area contributed by atoms with Gasteiger partial charge in [-0.2, -0.15) is 0 Å². The van der Waals surface area contributed by atoms with E-state index in [1.807, 2.05) is 6.92 Å². The average molecular weight is 501 g/mol. The van der Waals surface area contributed by atoms with Crippen LogP contribution in [0.1, 0.15) is 43.1 Å². The predicted octanol–water partition coefficient (Wildman–Crippen LogP) is 4.51. The second kappa shape index (κ2) is 9.95. The van der Waals surface area contributed by atoms with Crippen LogP contribution in [0.15, 0.2) is 47.8 Å². The summed E-state index contributed by atoms with van der Waals surface area (Å²) in [6.07, 6.45) is 3.03. The van der Waals surface area contributed by atoms with E-state index in [4.69, 9.17) is 21.3 Å². The van der Waals surface area contributed by atoms with Gasteiger partial charge in [0.1, 0.15) is 16.5 Å². The molecule has 0 amide bonds. The van der Waals surface area contributed by atoms with Gasteiger partial charge in [-0.3, -0.25) is 10.8 Å². The number of anilines is 1. The number of halogens is 2. The Morgan fingerprint density at radius 2 is 2.16 bits per heavy atom. The SMILES string of the molecule is CCN/C1=C(\C(=N)Br)C/C(=C/NC)C(=N)c2ccc(F)cc2[C@@H](C)Oc2cc1cnc2N. The summed E-state index contributed by atoms with van der Waals surface area (Å²) in [5, 5.41) is 23.6. The van der Waals surface area contributed by atoms with Crippen LogP contribution >= 0.6 is 15.9 Å². The van der Waals surface area contributed by atoms with Crippen LogP contribution in [0, 0.1) is 16.6 Å². The maximum absolute atomic E-state index is 14.2. The quantitative estimate of drug-likeness (QED) is 0.395. The molecule has 0 saturated heterocycles. The normalized spacial score (nSPS) is 20.0. The molecule has 2 aromatic rings. The molecule has 9 heteroatoms. The minimum atomic E-state index is -0.587. The zero-order valence-electron chi connectivity index (χ0n) is 18.1. The molecule has 1 aliphatic rings. The van der Waals surface area contributed by atoms with E-state index >= 15 is 0 Å². The molecular formula is C23H26BrFN6O. The Labute approximate surface area is 195 Å². The fourth-order valence-electron chi connectivity index (χ4n) is 3.62. The zero-order chi connectivity index (χ0) is 23.4. The Morgan fingerprint density at radius 3 is 2.81 bits per heavy atom. The lowest BCUT2D eigenvalue weighted by atomic mass is 9.90. The molecule has 0 aliphatic carbocycles. The summed E-state index contributed by atoms with van der Waals surface area (Å²) in [5.41, 5.74) is 9.98. The van der Waals surface area contributed by atoms with Crippen molar-refractivity contribution in [3.05, 3.63) is 70.3 Å². The second-order valence-electron chi connectivity index (χ2n) is 7.31. The van der Waals surface area contributed by atoms with Crippen molar-refractivity contribution in [3.8, 4) is 5.75 Å². The number of nitrogens with zero attached hydrogens (tertiary/aromatic N) is 1. The lowest BCUT2D eigenvalue weighted by Crippen LogP contribution is -2.20. The molecule has 1 aliphatic heterocycles. The van der Waals surface area contributed by atoms with Crippen LogP contribution in [0.5, 0.6) is 5.75 Å². The largest absolute Gasteiger partial charge is 0.482 e. The van der Waals surface area contributed by atoms with Crippen LogP contribution in [0.3, 0.4) is 0 Å². The number of nitrogens with two attached hydrogens (primary N) is 1. The summed E-state index contributed by atoms with van der Waals surface area (Å²) in [4.78, 5) is 4.28. The minimum Gasteiger partial charge on any atom is -0.482 e. The molecule has 0 fully saturated rings. The molecule has 0 radical (unpaired) electrons. The number of fused-ring (bicyclic) bond motifs is 3. The maximum atomic E-state index is 14.2. The number of pyridine rings is 1. The highest BCUT2D eigenvalue weighted by molar-refractivity contribution is 9.18. The molecular weight excluding hydrogens is 475 g/mol. The van der Waals surface area contributed by atoms with E-state index in [0.717, 1.165) is 0 Å². The van der Waals surface area contributed by atoms with E-state index in [1.165, 1.54) is 12.1 Å². The lowest BCUT2D eigenvalue weighted by Gasteiger charge is -2.24. The van der Waals surface area contributed by atoms with Crippen molar-refractivity contribution in [1.29, 1.82) is 10.8 Å². The van der Waals surface area contributed by atoms with Crippen molar-refractivity contribution < 1.29 is 9.13 Å². The first-order valence-electron chi connectivity index (χ1n) is 10.2. The Morgan fingerprint density at radius 1 is 1.41 bits per heavy atom. The van der Waals surface area contributed by atoms with E-state index in [1.54, 1.807) is 38.5 Å². The number of nitrogens with one attached hydrogen (secondary N) is 4. The molecule has 2 heterocycles. The van der Waals surface area contributed by atoms with Gasteiger partial charge in [-0.1, -0.05) is 0 Å². The first-order valence-corrected chi connectivity index (χ1v) is 10.9. The molecule has 2 bridgehead atoms. The maximum Gasteiger partial charge on any atom is 0.166 e. The van der Waals surface area contributed by atoms with Crippen molar-refractivity contribution in [1.82, 2.24) is 15.6 Å². The van der Waals surface area contributed by atoms with Crippen molar-refractivity contribution in [3.63, 3.8) is 0 Å². The van der Waals surface area contributed by atoms with E-state index in [-0.39, 0.29) is 22.6 Å². The minimum absolute atomic E-state index is 0.173. The van der Waals surface area contributed by atoms with Gasteiger partial charge in [-0.15, -0.1) is 0 Å². The second-order valence-corrected chi connectivity index (χ2v) is 8.10. The highest BCUT2D eigenvalue weighted by Gasteiger charge is 2.24. The molecule has 32 heavy (non-hydrogen) atoms. The molecule has 1 aromatic carbocycles. The molecule has 0 unspecified atom stereocenters. The highest BCUT2D eigenvalue weighted by atomic mass is 79.9. The Hall–Kier alpha value is -3.20. The monoisotopic (exact) mass is 500 g/mol. The van der Waals surface area contributed by atoms with Gasteiger partial charge in [0.05, 0.1) is 5.71 Å².